The van der Waals surface area contributed by atoms with E-state index in [1.165, 1.54) is 5.56 Å². The highest BCUT2D eigenvalue weighted by Gasteiger charge is 2.38. The first-order valence-corrected chi connectivity index (χ1v) is 7.42. The minimum Gasteiger partial charge on any atom is -0.351 e. The Morgan fingerprint density at radius 3 is 2.50 bits per heavy atom. The molecule has 1 saturated carbocycles. The summed E-state index contributed by atoms with van der Waals surface area (Å²) in [6.07, 6.45) is 5.62. The first kappa shape index (κ1) is 14.6. The van der Waals surface area contributed by atoms with Crippen molar-refractivity contribution >= 4 is 5.91 Å². The van der Waals surface area contributed by atoms with Crippen LogP contribution < -0.4 is 5.32 Å². The van der Waals surface area contributed by atoms with Crippen LogP contribution in [0.1, 0.15) is 49.7 Å². The molecule has 1 fully saturated rings. The van der Waals surface area contributed by atoms with Crippen LogP contribution in [0.25, 0.3) is 0 Å². The Bertz CT molecular complexity index is 508. The smallest absolute Gasteiger partial charge is 0.240 e. The van der Waals surface area contributed by atoms with Gasteiger partial charge in [-0.1, -0.05) is 49.9 Å². The molecule has 0 unspecified atom stereocenters. The van der Waals surface area contributed by atoms with Gasteiger partial charge in [-0.05, 0) is 30.9 Å². The van der Waals surface area contributed by atoms with Gasteiger partial charge in [0.1, 0.15) is 5.41 Å². The fourth-order valence-corrected chi connectivity index (χ4v) is 2.87. The van der Waals surface area contributed by atoms with Crippen LogP contribution in [0, 0.1) is 23.7 Å². The third kappa shape index (κ3) is 3.19. The standard InChI is InChI=1S/C17H22N2O/c1-14-8-4-5-9-15(14)12-19-16(20)17(13-18)10-6-2-3-7-11-17/h4-5,8-9H,2-3,6-7,10-12H2,1H3,(H,19,20). The summed E-state index contributed by atoms with van der Waals surface area (Å²) in [5.74, 6) is -0.0925. The molecule has 106 valence electrons. The highest BCUT2D eigenvalue weighted by atomic mass is 16.2. The maximum absolute atomic E-state index is 12.5. The maximum Gasteiger partial charge on any atom is 0.240 e. The number of aryl methyl sites for hydroxylation is 1. The summed E-state index contributed by atoms with van der Waals surface area (Å²) in [6.45, 7) is 2.54. The zero-order chi connectivity index (χ0) is 14.4. The van der Waals surface area contributed by atoms with Gasteiger partial charge in [0.2, 0.25) is 5.91 Å². The van der Waals surface area contributed by atoms with E-state index in [4.69, 9.17) is 0 Å². The van der Waals surface area contributed by atoms with Crippen LogP contribution in [-0.4, -0.2) is 5.91 Å². The minimum atomic E-state index is -0.806. The molecule has 1 aromatic carbocycles. The zero-order valence-electron chi connectivity index (χ0n) is 12.1. The van der Waals surface area contributed by atoms with Gasteiger partial charge in [0.05, 0.1) is 6.07 Å². The Labute approximate surface area is 121 Å². The summed E-state index contributed by atoms with van der Waals surface area (Å²) in [5.41, 5.74) is 1.47. The zero-order valence-corrected chi connectivity index (χ0v) is 12.1. The second kappa shape index (κ2) is 6.56. The Morgan fingerprint density at radius 1 is 1.25 bits per heavy atom. The van der Waals surface area contributed by atoms with Gasteiger partial charge in [-0.3, -0.25) is 4.79 Å². The van der Waals surface area contributed by atoms with Crippen LogP contribution in [0.15, 0.2) is 24.3 Å². The summed E-state index contributed by atoms with van der Waals surface area (Å²) >= 11 is 0. The Kier molecular flexibility index (Phi) is 4.79. The minimum absolute atomic E-state index is 0.0925. The van der Waals surface area contributed by atoms with Crippen LogP contribution in [0.2, 0.25) is 0 Å². The van der Waals surface area contributed by atoms with Gasteiger partial charge in [-0.2, -0.15) is 5.26 Å². The van der Waals surface area contributed by atoms with Crippen molar-refractivity contribution in [2.45, 2.75) is 52.0 Å². The number of benzene rings is 1. The first-order chi connectivity index (χ1) is 9.68. The predicted octanol–water partition coefficient (Wildman–Crippen LogP) is 3.48. The maximum atomic E-state index is 12.5. The van der Waals surface area contributed by atoms with Crippen LogP contribution in [-0.2, 0) is 11.3 Å². The summed E-state index contributed by atoms with van der Waals surface area (Å²) in [7, 11) is 0. The molecule has 3 heteroatoms. The van der Waals surface area contributed by atoms with Crippen LogP contribution in [0.4, 0.5) is 0 Å². The van der Waals surface area contributed by atoms with E-state index in [9.17, 15) is 10.1 Å². The Hall–Kier alpha value is -1.82. The molecule has 0 bridgehead atoms. The molecular formula is C17H22N2O. The van der Waals surface area contributed by atoms with Crippen LogP contribution in [0.3, 0.4) is 0 Å². The molecule has 0 heterocycles. The molecule has 1 aliphatic rings. The Balaban J connectivity index is 2.03. The average Bonchev–Trinajstić information content (AvgIpc) is 2.72. The molecule has 1 aromatic rings. The van der Waals surface area contributed by atoms with Gasteiger partial charge in [0, 0.05) is 6.54 Å². The SMILES string of the molecule is Cc1ccccc1CNC(=O)C1(C#N)CCCCCC1. The highest BCUT2D eigenvalue weighted by molar-refractivity contribution is 5.85. The molecule has 1 aliphatic carbocycles. The molecule has 2 rings (SSSR count). The van der Waals surface area contributed by atoms with E-state index >= 15 is 0 Å². The molecule has 0 radical (unpaired) electrons. The fourth-order valence-electron chi connectivity index (χ4n) is 2.87. The number of hydrogen-bond acceptors (Lipinski definition) is 2. The highest BCUT2D eigenvalue weighted by Crippen LogP contribution is 2.34. The second-order valence-electron chi connectivity index (χ2n) is 5.72. The molecule has 0 atom stereocenters. The first-order valence-electron chi connectivity index (χ1n) is 7.42. The van der Waals surface area contributed by atoms with E-state index < -0.39 is 5.41 Å². The lowest BCUT2D eigenvalue weighted by Gasteiger charge is -2.23. The third-order valence-electron chi connectivity index (χ3n) is 4.31. The van der Waals surface area contributed by atoms with Crippen LogP contribution in [0.5, 0.6) is 0 Å². The Morgan fingerprint density at radius 2 is 1.90 bits per heavy atom. The number of carbonyl (C=O) groups excluding carboxylic acids is 1. The van der Waals surface area contributed by atoms with Crippen molar-refractivity contribution in [3.05, 3.63) is 35.4 Å². The molecule has 20 heavy (non-hydrogen) atoms. The molecule has 1 amide bonds. The normalized spacial score (nSPS) is 17.8. The molecule has 3 nitrogen and oxygen atoms in total. The van der Waals surface area contributed by atoms with Gasteiger partial charge in [0.15, 0.2) is 0 Å². The monoisotopic (exact) mass is 270 g/mol. The lowest BCUT2D eigenvalue weighted by Crippen LogP contribution is -2.39. The van der Waals surface area contributed by atoms with E-state index in [0.717, 1.165) is 31.2 Å². The number of carbonyl (C=O) groups is 1. The van der Waals surface area contributed by atoms with Gasteiger partial charge >= 0.3 is 0 Å². The van der Waals surface area contributed by atoms with Crippen molar-refractivity contribution in [2.24, 2.45) is 5.41 Å². The fraction of sp³-hybridized carbons (Fsp3) is 0.529. The van der Waals surface area contributed by atoms with Crippen molar-refractivity contribution in [3.63, 3.8) is 0 Å². The quantitative estimate of drug-likeness (QED) is 0.855. The lowest BCUT2D eigenvalue weighted by atomic mass is 9.81. The predicted molar refractivity (Wildman–Crippen MR) is 78.8 cm³/mol. The van der Waals surface area contributed by atoms with Gasteiger partial charge < -0.3 is 5.32 Å². The third-order valence-corrected chi connectivity index (χ3v) is 4.31. The van der Waals surface area contributed by atoms with E-state index in [2.05, 4.69) is 11.4 Å². The van der Waals surface area contributed by atoms with E-state index in [-0.39, 0.29) is 5.91 Å². The number of rotatable bonds is 3. The summed E-state index contributed by atoms with van der Waals surface area (Å²) in [6, 6.07) is 10.3. The van der Waals surface area contributed by atoms with Gasteiger partial charge in [-0.25, -0.2) is 0 Å². The molecule has 0 spiro atoms. The van der Waals surface area contributed by atoms with Crippen molar-refractivity contribution in [3.8, 4) is 6.07 Å². The molecule has 0 aromatic heterocycles. The average molecular weight is 270 g/mol. The second-order valence-corrected chi connectivity index (χ2v) is 5.72. The van der Waals surface area contributed by atoms with E-state index in [1.54, 1.807) is 0 Å². The van der Waals surface area contributed by atoms with E-state index in [1.807, 2.05) is 31.2 Å². The van der Waals surface area contributed by atoms with Gasteiger partial charge in [0.25, 0.3) is 0 Å². The lowest BCUT2D eigenvalue weighted by molar-refractivity contribution is -0.129. The van der Waals surface area contributed by atoms with Crippen LogP contribution >= 0.6 is 0 Å². The number of amides is 1. The van der Waals surface area contributed by atoms with E-state index in [0.29, 0.717) is 19.4 Å². The van der Waals surface area contributed by atoms with Crippen molar-refractivity contribution in [1.29, 1.82) is 5.26 Å². The van der Waals surface area contributed by atoms with Crippen molar-refractivity contribution in [1.82, 2.24) is 5.32 Å². The number of nitrogens with one attached hydrogen (secondary N) is 1. The molecule has 0 saturated heterocycles. The van der Waals surface area contributed by atoms with Crippen molar-refractivity contribution < 1.29 is 4.79 Å². The number of nitriles is 1. The summed E-state index contributed by atoms with van der Waals surface area (Å²) in [5, 5.41) is 12.4. The number of hydrogen-bond donors (Lipinski definition) is 1. The van der Waals surface area contributed by atoms with Crippen molar-refractivity contribution in [2.75, 3.05) is 0 Å². The molecule has 0 aliphatic heterocycles. The molecule has 1 N–H and O–H groups in total. The largest absolute Gasteiger partial charge is 0.351 e. The summed E-state index contributed by atoms with van der Waals surface area (Å²) < 4.78 is 0. The topological polar surface area (TPSA) is 52.9 Å². The number of nitrogens with zero attached hydrogens (tertiary/aromatic N) is 1. The van der Waals surface area contributed by atoms with Gasteiger partial charge in [-0.15, -0.1) is 0 Å². The molecular weight excluding hydrogens is 248 g/mol. The summed E-state index contributed by atoms with van der Waals surface area (Å²) in [4.78, 5) is 12.5.